The summed E-state index contributed by atoms with van der Waals surface area (Å²) < 4.78 is 1.60. The van der Waals surface area contributed by atoms with Crippen LogP contribution in [0.15, 0.2) is 30.3 Å². The maximum atomic E-state index is 10.2. The molecule has 1 unspecified atom stereocenters. The molecule has 2 aromatic rings. The van der Waals surface area contributed by atoms with E-state index in [1.54, 1.807) is 11.7 Å². The molecular weight excluding hydrogens is 248 g/mol. The zero-order chi connectivity index (χ0) is 13.1. The summed E-state index contributed by atoms with van der Waals surface area (Å²) in [7, 11) is 1.78. The molecule has 0 amide bonds. The van der Waals surface area contributed by atoms with Crippen LogP contribution in [-0.2, 0) is 13.5 Å². The van der Waals surface area contributed by atoms with Gasteiger partial charge in [0, 0.05) is 12.6 Å². The molecule has 4 heteroatoms. The number of hydrogen-bond donors (Lipinski definition) is 1. The van der Waals surface area contributed by atoms with E-state index < -0.39 is 6.10 Å². The second kappa shape index (κ2) is 5.55. The molecule has 1 atom stereocenters. The Balaban J connectivity index is 2.06. The number of halogens is 1. The molecule has 18 heavy (non-hydrogen) atoms. The van der Waals surface area contributed by atoms with Gasteiger partial charge in [0.05, 0.1) is 11.8 Å². The first-order valence-electron chi connectivity index (χ1n) is 6.00. The van der Waals surface area contributed by atoms with Gasteiger partial charge in [-0.25, -0.2) is 0 Å². The first kappa shape index (κ1) is 13.1. The largest absolute Gasteiger partial charge is 0.388 e. The van der Waals surface area contributed by atoms with Gasteiger partial charge in [0.25, 0.3) is 0 Å². The minimum absolute atomic E-state index is 0.521. The minimum atomic E-state index is -0.564. The first-order chi connectivity index (χ1) is 8.59. The number of aliphatic hydroxyl groups excluding tert-OH is 1. The fraction of sp³-hybridized carbons (Fsp3) is 0.357. The van der Waals surface area contributed by atoms with Crippen LogP contribution in [0.2, 0.25) is 5.15 Å². The molecule has 1 N–H and O–H groups in total. The Kier molecular flexibility index (Phi) is 4.04. The highest BCUT2D eigenvalue weighted by molar-refractivity contribution is 6.30. The van der Waals surface area contributed by atoms with E-state index >= 15 is 0 Å². The number of rotatable bonds is 4. The van der Waals surface area contributed by atoms with E-state index in [9.17, 15) is 5.11 Å². The molecule has 0 radical (unpaired) electrons. The summed E-state index contributed by atoms with van der Waals surface area (Å²) >= 11 is 6.13. The summed E-state index contributed by atoms with van der Waals surface area (Å²) in [5.41, 5.74) is 2.76. The molecule has 2 rings (SSSR count). The molecule has 0 saturated heterocycles. The number of aryl methyl sites for hydroxylation is 3. The quantitative estimate of drug-likeness (QED) is 0.922. The zero-order valence-corrected chi connectivity index (χ0v) is 11.4. The molecule has 1 aromatic heterocycles. The van der Waals surface area contributed by atoms with Gasteiger partial charge in [0.1, 0.15) is 5.15 Å². The molecule has 1 aromatic carbocycles. The van der Waals surface area contributed by atoms with Crippen molar-refractivity contribution >= 4 is 11.6 Å². The Bertz CT molecular complexity index is 522. The van der Waals surface area contributed by atoms with Gasteiger partial charge in [-0.1, -0.05) is 41.9 Å². The lowest BCUT2D eigenvalue weighted by atomic mass is 10.0. The molecular formula is C14H17ClN2O. The molecule has 0 bridgehead atoms. The molecule has 3 nitrogen and oxygen atoms in total. The third-order valence-corrected chi connectivity index (χ3v) is 3.53. The van der Waals surface area contributed by atoms with Crippen molar-refractivity contribution in [3.05, 3.63) is 52.3 Å². The second-order valence-electron chi connectivity index (χ2n) is 4.45. The van der Waals surface area contributed by atoms with E-state index in [0.29, 0.717) is 11.6 Å². The second-order valence-corrected chi connectivity index (χ2v) is 4.81. The van der Waals surface area contributed by atoms with Crippen molar-refractivity contribution in [1.29, 1.82) is 0 Å². The number of aromatic nitrogens is 2. The van der Waals surface area contributed by atoms with Gasteiger partial charge in [0.2, 0.25) is 0 Å². The standard InChI is InChI=1S/C14H17ClN2O/c1-10-13(14(15)17(2)16-10)12(18)9-8-11-6-4-3-5-7-11/h3-7,12,18H,8-9H2,1-2H3. The van der Waals surface area contributed by atoms with E-state index in [0.717, 1.165) is 17.7 Å². The van der Waals surface area contributed by atoms with E-state index in [2.05, 4.69) is 17.2 Å². The molecule has 0 spiro atoms. The van der Waals surface area contributed by atoms with Crippen molar-refractivity contribution in [3.63, 3.8) is 0 Å². The molecule has 0 aliphatic carbocycles. The first-order valence-corrected chi connectivity index (χ1v) is 6.38. The van der Waals surface area contributed by atoms with E-state index in [-0.39, 0.29) is 0 Å². The van der Waals surface area contributed by atoms with Crippen molar-refractivity contribution in [1.82, 2.24) is 9.78 Å². The van der Waals surface area contributed by atoms with Gasteiger partial charge >= 0.3 is 0 Å². The van der Waals surface area contributed by atoms with Crippen LogP contribution in [0, 0.1) is 6.92 Å². The topological polar surface area (TPSA) is 38.0 Å². The van der Waals surface area contributed by atoms with Crippen LogP contribution in [0.25, 0.3) is 0 Å². The summed E-state index contributed by atoms with van der Waals surface area (Å²) in [6.45, 7) is 1.87. The zero-order valence-electron chi connectivity index (χ0n) is 10.6. The van der Waals surface area contributed by atoms with Crippen LogP contribution in [0.3, 0.4) is 0 Å². The third kappa shape index (κ3) is 2.74. The van der Waals surface area contributed by atoms with Gasteiger partial charge in [-0.15, -0.1) is 0 Å². The van der Waals surface area contributed by atoms with Crippen LogP contribution in [0.5, 0.6) is 0 Å². The van der Waals surface area contributed by atoms with Crippen molar-refractivity contribution in [2.24, 2.45) is 7.05 Å². The predicted octanol–water partition coefficient (Wildman–Crippen LogP) is 3.05. The fourth-order valence-electron chi connectivity index (χ4n) is 2.12. The summed E-state index contributed by atoms with van der Waals surface area (Å²) in [6, 6.07) is 10.1. The Hall–Kier alpha value is -1.32. The Morgan fingerprint density at radius 1 is 1.33 bits per heavy atom. The summed E-state index contributed by atoms with van der Waals surface area (Å²) in [5.74, 6) is 0. The van der Waals surface area contributed by atoms with Crippen LogP contribution in [0.4, 0.5) is 0 Å². The molecule has 0 saturated carbocycles. The Labute approximate surface area is 112 Å². The smallest absolute Gasteiger partial charge is 0.132 e. The van der Waals surface area contributed by atoms with Crippen molar-refractivity contribution < 1.29 is 5.11 Å². The van der Waals surface area contributed by atoms with Gasteiger partial charge in [-0.05, 0) is 25.3 Å². The van der Waals surface area contributed by atoms with Gasteiger partial charge < -0.3 is 5.11 Å². The normalized spacial score (nSPS) is 12.7. The highest BCUT2D eigenvalue weighted by Crippen LogP contribution is 2.28. The lowest BCUT2D eigenvalue weighted by Crippen LogP contribution is -2.01. The summed E-state index contributed by atoms with van der Waals surface area (Å²) in [6.07, 6.45) is 0.912. The highest BCUT2D eigenvalue weighted by atomic mass is 35.5. The fourth-order valence-corrected chi connectivity index (χ4v) is 2.42. The Morgan fingerprint density at radius 3 is 2.56 bits per heavy atom. The monoisotopic (exact) mass is 264 g/mol. The molecule has 0 fully saturated rings. The minimum Gasteiger partial charge on any atom is -0.388 e. The van der Waals surface area contributed by atoms with Crippen molar-refractivity contribution in [3.8, 4) is 0 Å². The van der Waals surface area contributed by atoms with E-state index in [1.165, 1.54) is 5.56 Å². The van der Waals surface area contributed by atoms with Crippen LogP contribution < -0.4 is 0 Å². The average molecular weight is 265 g/mol. The summed E-state index contributed by atoms with van der Waals surface area (Å²) in [5, 5.41) is 15.0. The number of benzene rings is 1. The Morgan fingerprint density at radius 2 is 2.00 bits per heavy atom. The van der Waals surface area contributed by atoms with Gasteiger partial charge in [-0.2, -0.15) is 5.10 Å². The maximum Gasteiger partial charge on any atom is 0.132 e. The lowest BCUT2D eigenvalue weighted by Gasteiger charge is -2.10. The van der Waals surface area contributed by atoms with Gasteiger partial charge in [0.15, 0.2) is 0 Å². The summed E-state index contributed by atoms with van der Waals surface area (Å²) in [4.78, 5) is 0. The van der Waals surface area contributed by atoms with Crippen LogP contribution >= 0.6 is 11.6 Å². The van der Waals surface area contributed by atoms with E-state index in [4.69, 9.17) is 11.6 Å². The van der Waals surface area contributed by atoms with Crippen LogP contribution in [-0.4, -0.2) is 14.9 Å². The third-order valence-electron chi connectivity index (χ3n) is 3.08. The maximum absolute atomic E-state index is 10.2. The molecule has 1 heterocycles. The number of aliphatic hydroxyl groups is 1. The van der Waals surface area contributed by atoms with Crippen LogP contribution in [0.1, 0.15) is 29.3 Å². The molecule has 0 aliphatic rings. The molecule has 96 valence electrons. The predicted molar refractivity (Wildman–Crippen MR) is 72.7 cm³/mol. The van der Waals surface area contributed by atoms with Crippen molar-refractivity contribution in [2.75, 3.05) is 0 Å². The average Bonchev–Trinajstić information content (AvgIpc) is 2.62. The molecule has 0 aliphatic heterocycles. The van der Waals surface area contributed by atoms with E-state index in [1.807, 2.05) is 25.1 Å². The SMILES string of the molecule is Cc1nn(C)c(Cl)c1C(O)CCc1ccccc1. The number of hydrogen-bond acceptors (Lipinski definition) is 2. The van der Waals surface area contributed by atoms with Gasteiger partial charge in [-0.3, -0.25) is 4.68 Å². The highest BCUT2D eigenvalue weighted by Gasteiger charge is 2.19. The van der Waals surface area contributed by atoms with Crippen molar-refractivity contribution in [2.45, 2.75) is 25.9 Å². The lowest BCUT2D eigenvalue weighted by molar-refractivity contribution is 0.167. The number of nitrogens with zero attached hydrogens (tertiary/aromatic N) is 2.